The molecule has 0 N–H and O–H groups in total. The van der Waals surface area contributed by atoms with Crippen LogP contribution in [0.15, 0.2) is 34.9 Å². The first-order chi connectivity index (χ1) is 9.06. The average molecular weight is 339 g/mol. The largest absolute Gasteiger partial charge is 0.341 e. The van der Waals surface area contributed by atoms with Gasteiger partial charge in [-0.15, -0.1) is 0 Å². The summed E-state index contributed by atoms with van der Waals surface area (Å²) in [6.07, 6.45) is 2.08. The summed E-state index contributed by atoms with van der Waals surface area (Å²) in [7, 11) is 1.96. The van der Waals surface area contributed by atoms with Gasteiger partial charge in [0.25, 0.3) is 0 Å². The van der Waals surface area contributed by atoms with Gasteiger partial charge in [-0.2, -0.15) is 5.10 Å². The third kappa shape index (κ3) is 2.19. The zero-order valence-electron chi connectivity index (χ0n) is 10.7. The zero-order valence-corrected chi connectivity index (χ0v) is 13.0. The average Bonchev–Trinajstić information content (AvgIpc) is 2.86. The molecule has 0 fully saturated rings. The fraction of sp³-hybridized carbons (Fsp3) is 0.214. The van der Waals surface area contributed by atoms with E-state index in [0.717, 1.165) is 32.9 Å². The molecule has 3 aromatic rings. The standard InChI is InChI=1S/C14H13BrClN3/c1-9-14(15)13(18(2)17-9)8-19-6-5-10-3-4-11(16)7-12(10)19/h3-7H,8H2,1-2H3. The Morgan fingerprint density at radius 3 is 2.79 bits per heavy atom. The van der Waals surface area contributed by atoms with Gasteiger partial charge in [0.05, 0.1) is 22.4 Å². The maximum Gasteiger partial charge on any atom is 0.0739 e. The van der Waals surface area contributed by atoms with E-state index in [4.69, 9.17) is 11.6 Å². The Labute approximate surface area is 124 Å². The van der Waals surface area contributed by atoms with E-state index in [1.807, 2.05) is 36.9 Å². The molecular weight excluding hydrogens is 326 g/mol. The fourth-order valence-electron chi connectivity index (χ4n) is 2.31. The van der Waals surface area contributed by atoms with E-state index in [9.17, 15) is 0 Å². The Balaban J connectivity index is 2.08. The van der Waals surface area contributed by atoms with Crippen molar-refractivity contribution in [3.05, 3.63) is 51.3 Å². The van der Waals surface area contributed by atoms with Gasteiger partial charge in [-0.3, -0.25) is 4.68 Å². The predicted octanol–water partition coefficient (Wildman–Crippen LogP) is 4.15. The van der Waals surface area contributed by atoms with Crippen molar-refractivity contribution in [3.63, 3.8) is 0 Å². The summed E-state index contributed by atoms with van der Waals surface area (Å²) < 4.78 is 5.16. The van der Waals surface area contributed by atoms with Gasteiger partial charge in [0.2, 0.25) is 0 Å². The molecule has 0 aliphatic heterocycles. The number of aromatic nitrogens is 3. The van der Waals surface area contributed by atoms with Crippen LogP contribution in [0.1, 0.15) is 11.4 Å². The summed E-state index contributed by atoms with van der Waals surface area (Å²) in [5, 5.41) is 6.37. The van der Waals surface area contributed by atoms with Gasteiger partial charge in [0.15, 0.2) is 0 Å². The van der Waals surface area contributed by atoms with E-state index >= 15 is 0 Å². The van der Waals surface area contributed by atoms with Crippen molar-refractivity contribution in [2.24, 2.45) is 7.05 Å². The lowest BCUT2D eigenvalue weighted by Crippen LogP contribution is -2.05. The van der Waals surface area contributed by atoms with Crippen LogP contribution in [0.25, 0.3) is 10.9 Å². The van der Waals surface area contributed by atoms with Gasteiger partial charge in [0, 0.05) is 23.8 Å². The quantitative estimate of drug-likeness (QED) is 0.688. The van der Waals surface area contributed by atoms with E-state index in [1.165, 1.54) is 5.39 Å². The van der Waals surface area contributed by atoms with Gasteiger partial charge in [-0.25, -0.2) is 0 Å². The zero-order chi connectivity index (χ0) is 13.6. The number of halogens is 2. The molecule has 0 aliphatic carbocycles. The number of nitrogens with zero attached hydrogens (tertiary/aromatic N) is 3. The van der Waals surface area contributed by atoms with Crippen LogP contribution in [0, 0.1) is 6.92 Å². The molecule has 3 nitrogen and oxygen atoms in total. The number of fused-ring (bicyclic) bond motifs is 1. The fourth-order valence-corrected chi connectivity index (χ4v) is 2.94. The molecular formula is C14H13BrClN3. The van der Waals surface area contributed by atoms with Crippen molar-refractivity contribution in [2.75, 3.05) is 0 Å². The molecule has 98 valence electrons. The molecule has 0 saturated heterocycles. The number of benzene rings is 1. The van der Waals surface area contributed by atoms with E-state index in [0.29, 0.717) is 0 Å². The van der Waals surface area contributed by atoms with E-state index in [1.54, 1.807) is 0 Å². The van der Waals surface area contributed by atoms with Crippen molar-refractivity contribution in [1.29, 1.82) is 0 Å². The Bertz CT molecular complexity index is 757. The van der Waals surface area contributed by atoms with Crippen LogP contribution >= 0.6 is 27.5 Å². The molecule has 19 heavy (non-hydrogen) atoms. The summed E-state index contributed by atoms with van der Waals surface area (Å²) in [5.41, 5.74) is 3.29. The van der Waals surface area contributed by atoms with Gasteiger partial charge >= 0.3 is 0 Å². The van der Waals surface area contributed by atoms with Gasteiger partial charge in [-0.1, -0.05) is 17.7 Å². The van der Waals surface area contributed by atoms with Crippen LogP contribution < -0.4 is 0 Å². The number of rotatable bonds is 2. The SMILES string of the molecule is Cc1nn(C)c(Cn2ccc3ccc(Cl)cc32)c1Br. The second-order valence-electron chi connectivity index (χ2n) is 4.62. The highest BCUT2D eigenvalue weighted by molar-refractivity contribution is 9.10. The normalized spacial score (nSPS) is 11.4. The molecule has 3 rings (SSSR count). The van der Waals surface area contributed by atoms with Crippen LogP contribution in [-0.2, 0) is 13.6 Å². The van der Waals surface area contributed by atoms with Gasteiger partial charge in [-0.05, 0) is 46.4 Å². The third-order valence-electron chi connectivity index (χ3n) is 3.32. The van der Waals surface area contributed by atoms with Crippen molar-refractivity contribution in [2.45, 2.75) is 13.5 Å². The second-order valence-corrected chi connectivity index (χ2v) is 5.85. The van der Waals surface area contributed by atoms with Crippen molar-refractivity contribution in [1.82, 2.24) is 14.3 Å². The lowest BCUT2D eigenvalue weighted by Gasteiger charge is -2.07. The minimum atomic E-state index is 0.757. The first kappa shape index (κ1) is 12.8. The summed E-state index contributed by atoms with van der Waals surface area (Å²) in [5.74, 6) is 0. The Morgan fingerprint density at radius 2 is 2.11 bits per heavy atom. The van der Waals surface area contributed by atoms with Crippen LogP contribution in [0.4, 0.5) is 0 Å². The molecule has 1 aromatic carbocycles. The molecule has 0 unspecified atom stereocenters. The van der Waals surface area contributed by atoms with Gasteiger partial charge in [0.1, 0.15) is 0 Å². The molecule has 5 heteroatoms. The van der Waals surface area contributed by atoms with Gasteiger partial charge < -0.3 is 4.57 Å². The van der Waals surface area contributed by atoms with Crippen LogP contribution in [-0.4, -0.2) is 14.3 Å². The van der Waals surface area contributed by atoms with Crippen molar-refractivity contribution in [3.8, 4) is 0 Å². The molecule has 2 aromatic heterocycles. The molecule has 2 heterocycles. The second kappa shape index (κ2) is 4.69. The number of aryl methyl sites for hydroxylation is 2. The molecule has 0 spiro atoms. The first-order valence-corrected chi connectivity index (χ1v) is 7.15. The maximum absolute atomic E-state index is 6.08. The molecule has 0 bridgehead atoms. The smallest absolute Gasteiger partial charge is 0.0739 e. The number of hydrogen-bond acceptors (Lipinski definition) is 1. The Kier molecular flexibility index (Phi) is 3.15. The summed E-state index contributed by atoms with van der Waals surface area (Å²) in [4.78, 5) is 0. The minimum absolute atomic E-state index is 0.757. The predicted molar refractivity (Wildman–Crippen MR) is 81.7 cm³/mol. The highest BCUT2D eigenvalue weighted by Gasteiger charge is 2.12. The van der Waals surface area contributed by atoms with E-state index in [-0.39, 0.29) is 0 Å². The highest BCUT2D eigenvalue weighted by atomic mass is 79.9. The van der Waals surface area contributed by atoms with Crippen LogP contribution in [0.3, 0.4) is 0 Å². The van der Waals surface area contributed by atoms with Crippen molar-refractivity contribution >= 4 is 38.4 Å². The van der Waals surface area contributed by atoms with E-state index in [2.05, 4.69) is 37.9 Å². The molecule has 0 radical (unpaired) electrons. The maximum atomic E-state index is 6.08. The molecule has 0 atom stereocenters. The topological polar surface area (TPSA) is 22.8 Å². The highest BCUT2D eigenvalue weighted by Crippen LogP contribution is 2.25. The summed E-state index contributed by atoms with van der Waals surface area (Å²) in [6.45, 7) is 2.76. The first-order valence-electron chi connectivity index (χ1n) is 5.98. The monoisotopic (exact) mass is 337 g/mol. The molecule has 0 amide bonds. The molecule has 0 saturated carbocycles. The number of hydrogen-bond donors (Lipinski definition) is 0. The lowest BCUT2D eigenvalue weighted by molar-refractivity contribution is 0.672. The lowest BCUT2D eigenvalue weighted by atomic mass is 10.2. The van der Waals surface area contributed by atoms with E-state index < -0.39 is 0 Å². The summed E-state index contributed by atoms with van der Waals surface area (Å²) >= 11 is 9.68. The molecule has 0 aliphatic rings. The minimum Gasteiger partial charge on any atom is -0.341 e. The van der Waals surface area contributed by atoms with Crippen LogP contribution in [0.5, 0.6) is 0 Å². The Morgan fingerprint density at radius 1 is 1.32 bits per heavy atom. The third-order valence-corrected chi connectivity index (χ3v) is 4.58. The van der Waals surface area contributed by atoms with Crippen LogP contribution in [0.2, 0.25) is 5.02 Å². The summed E-state index contributed by atoms with van der Waals surface area (Å²) in [6, 6.07) is 8.05. The Hall–Kier alpha value is -1.26. The van der Waals surface area contributed by atoms with Crippen molar-refractivity contribution < 1.29 is 0 Å².